The highest BCUT2D eigenvalue weighted by atomic mass is 35.5. The zero-order valence-corrected chi connectivity index (χ0v) is 30.0. The van der Waals surface area contributed by atoms with Gasteiger partial charge in [-0.3, -0.25) is 9.59 Å². The highest BCUT2D eigenvalue weighted by Gasteiger charge is 2.40. The molecule has 1 heterocycles. The minimum atomic E-state index is -5.08. The number of hydrogen-bond donors (Lipinski definition) is 4. The van der Waals surface area contributed by atoms with E-state index in [4.69, 9.17) is 32.0 Å². The number of urea groups is 1. The summed E-state index contributed by atoms with van der Waals surface area (Å²) in [6.45, 7) is 2.18. The average Bonchev–Trinajstić information content (AvgIpc) is 3.11. The summed E-state index contributed by atoms with van der Waals surface area (Å²) in [6, 6.07) is 19.6. The number of carboxylic acid groups (broad SMARTS) is 1. The number of nitrogens with zero attached hydrogens (tertiary/aromatic N) is 2. The maximum absolute atomic E-state index is 14.1. The zero-order chi connectivity index (χ0) is 38.8. The Kier molecular flexibility index (Phi) is 14.0. The molecular formula is C38H44ClF3N4O7+2. The number of carbonyl (C=O) groups is 4. The topological polar surface area (TPSA) is 159 Å². The van der Waals surface area contributed by atoms with Gasteiger partial charge in [0, 0.05) is 29.8 Å². The van der Waals surface area contributed by atoms with Crippen LogP contribution < -0.4 is 15.8 Å². The molecule has 1 saturated heterocycles. The van der Waals surface area contributed by atoms with Crippen LogP contribution in [0.5, 0.6) is 11.5 Å². The fraction of sp³-hybridized carbons (Fsp3) is 0.395. The van der Waals surface area contributed by atoms with Crippen LogP contribution in [0.2, 0.25) is 5.02 Å². The molecule has 284 valence electrons. The molecule has 11 nitrogen and oxygen atoms in total. The number of esters is 1. The third-order valence-corrected chi connectivity index (χ3v) is 9.53. The number of piperidine rings is 1. The fourth-order valence-corrected chi connectivity index (χ4v) is 6.76. The number of nitrogens with two attached hydrogens (primary N) is 1. The molecular weight excluding hydrogens is 717 g/mol. The summed E-state index contributed by atoms with van der Waals surface area (Å²) in [4.78, 5) is 48.7. The lowest BCUT2D eigenvalue weighted by Crippen LogP contribution is -2.56. The normalized spacial score (nSPS) is 19.2. The maximum Gasteiger partial charge on any atom is 0.496 e. The molecule has 0 spiro atoms. The Hall–Kier alpha value is -4.95. The summed E-state index contributed by atoms with van der Waals surface area (Å²) in [6.07, 6.45) is 1.50. The number of anilines is 1. The molecule has 2 aliphatic rings. The number of quaternary nitrogens is 1. The lowest BCUT2D eigenvalue weighted by molar-refractivity contribution is -0.918. The van der Waals surface area contributed by atoms with Gasteiger partial charge in [0.1, 0.15) is 36.0 Å². The number of phenols is 1. The number of benzene rings is 3. The Morgan fingerprint density at radius 3 is 2.09 bits per heavy atom. The van der Waals surface area contributed by atoms with Gasteiger partial charge in [0.2, 0.25) is 0 Å². The van der Waals surface area contributed by atoms with Gasteiger partial charge in [-0.2, -0.15) is 22.5 Å². The van der Waals surface area contributed by atoms with E-state index in [0.29, 0.717) is 33.9 Å². The van der Waals surface area contributed by atoms with E-state index < -0.39 is 30.1 Å². The third-order valence-electron chi connectivity index (χ3n) is 9.28. The van der Waals surface area contributed by atoms with Crippen molar-refractivity contribution in [3.63, 3.8) is 0 Å². The Morgan fingerprint density at radius 2 is 1.53 bits per heavy atom. The van der Waals surface area contributed by atoms with Crippen molar-refractivity contribution < 1.29 is 56.4 Å². The van der Waals surface area contributed by atoms with E-state index in [1.165, 1.54) is 4.58 Å². The summed E-state index contributed by atoms with van der Waals surface area (Å²) in [5.41, 5.74) is 9.20. The van der Waals surface area contributed by atoms with E-state index in [2.05, 4.69) is 12.4 Å². The van der Waals surface area contributed by atoms with Crippen LogP contribution in [0.15, 0.2) is 72.8 Å². The van der Waals surface area contributed by atoms with Crippen molar-refractivity contribution in [2.45, 2.75) is 70.1 Å². The Balaban J connectivity index is 0.000000815. The molecule has 1 aliphatic carbocycles. The SMILES string of the molecule is C[N+]1(Cc2ccc(Cl)cc2)CCC/C(=[N+](\C(=O)Nc2ccc(OC(=O)C3CCCCC3)cc2)[C@@H](Cc2ccc(O)cc2)C(N)=O)C1.O=C(O)C(F)(F)F. The van der Waals surface area contributed by atoms with Crippen LogP contribution in [-0.2, 0) is 27.3 Å². The molecule has 0 radical (unpaired) electrons. The number of likely N-dealkylation sites (tertiary alicyclic amines) is 1. The first-order valence-corrected chi connectivity index (χ1v) is 17.6. The number of primary amides is 1. The van der Waals surface area contributed by atoms with E-state index in [-0.39, 0.29) is 24.1 Å². The van der Waals surface area contributed by atoms with E-state index in [9.17, 15) is 32.7 Å². The van der Waals surface area contributed by atoms with Gasteiger partial charge in [0.25, 0.3) is 5.91 Å². The summed E-state index contributed by atoms with van der Waals surface area (Å²) >= 11 is 6.12. The number of ether oxygens (including phenoxy) is 1. The molecule has 1 unspecified atom stereocenters. The lowest BCUT2D eigenvalue weighted by Gasteiger charge is -2.38. The van der Waals surface area contributed by atoms with E-state index in [1.54, 1.807) is 48.5 Å². The number of carboxylic acids is 1. The second kappa shape index (κ2) is 18.2. The Labute approximate surface area is 310 Å². The third kappa shape index (κ3) is 12.3. The largest absolute Gasteiger partial charge is 0.508 e. The van der Waals surface area contributed by atoms with Gasteiger partial charge in [-0.25, -0.2) is 10.1 Å². The second-order valence-corrected chi connectivity index (χ2v) is 14.1. The molecule has 53 heavy (non-hydrogen) atoms. The summed E-state index contributed by atoms with van der Waals surface area (Å²) in [5.74, 6) is -3.14. The Bertz CT molecular complexity index is 1780. The average molecular weight is 761 g/mol. The van der Waals surface area contributed by atoms with E-state index in [1.807, 2.05) is 24.3 Å². The number of rotatable bonds is 9. The highest BCUT2D eigenvalue weighted by Crippen LogP contribution is 2.27. The molecule has 2 fully saturated rings. The molecule has 3 amide bonds. The van der Waals surface area contributed by atoms with Crippen LogP contribution in [0.4, 0.5) is 23.7 Å². The minimum Gasteiger partial charge on any atom is -0.508 e. The molecule has 15 heteroatoms. The van der Waals surface area contributed by atoms with Gasteiger partial charge in [0.15, 0.2) is 6.04 Å². The van der Waals surface area contributed by atoms with Crippen LogP contribution in [0.25, 0.3) is 0 Å². The van der Waals surface area contributed by atoms with Crippen molar-refractivity contribution >= 4 is 46.9 Å². The minimum absolute atomic E-state index is 0.0719. The van der Waals surface area contributed by atoms with Gasteiger partial charge in [-0.05, 0) is 66.9 Å². The first kappa shape index (κ1) is 40.8. The van der Waals surface area contributed by atoms with Crippen LogP contribution in [0.3, 0.4) is 0 Å². The number of amides is 3. The summed E-state index contributed by atoms with van der Waals surface area (Å²) in [5, 5.41) is 20.5. The van der Waals surface area contributed by atoms with Crippen molar-refractivity contribution in [3.8, 4) is 11.5 Å². The molecule has 2 atom stereocenters. The number of aromatic hydroxyl groups is 1. The number of hydrogen-bond acceptors (Lipinski definition) is 6. The van der Waals surface area contributed by atoms with Crippen molar-refractivity contribution in [2.75, 3.05) is 25.5 Å². The monoisotopic (exact) mass is 760 g/mol. The van der Waals surface area contributed by atoms with Crippen molar-refractivity contribution in [1.29, 1.82) is 0 Å². The molecule has 3 aromatic rings. The van der Waals surface area contributed by atoms with Crippen LogP contribution in [-0.4, -0.2) is 81.2 Å². The summed E-state index contributed by atoms with van der Waals surface area (Å²) < 4.78 is 39.5. The molecule has 3 aromatic carbocycles. The number of phenolic OH excluding ortho intramolecular Hbond substituents is 1. The van der Waals surface area contributed by atoms with Crippen molar-refractivity contribution in [1.82, 2.24) is 0 Å². The number of carbonyl (C=O) groups excluding carboxylic acids is 3. The van der Waals surface area contributed by atoms with Gasteiger partial charge in [-0.15, -0.1) is 0 Å². The molecule has 1 aliphatic heterocycles. The van der Waals surface area contributed by atoms with Crippen LogP contribution in [0.1, 0.15) is 56.1 Å². The summed E-state index contributed by atoms with van der Waals surface area (Å²) in [7, 11) is 2.15. The predicted molar refractivity (Wildman–Crippen MR) is 192 cm³/mol. The number of nitrogens with one attached hydrogen (secondary N) is 1. The van der Waals surface area contributed by atoms with E-state index in [0.717, 1.165) is 68.5 Å². The smallest absolute Gasteiger partial charge is 0.496 e. The quantitative estimate of drug-likeness (QED) is 0.0819. The highest BCUT2D eigenvalue weighted by molar-refractivity contribution is 6.30. The first-order valence-electron chi connectivity index (χ1n) is 17.2. The molecule has 0 bridgehead atoms. The van der Waals surface area contributed by atoms with Gasteiger partial charge < -0.3 is 25.2 Å². The fourth-order valence-electron chi connectivity index (χ4n) is 6.63. The zero-order valence-electron chi connectivity index (χ0n) is 29.3. The van der Waals surface area contributed by atoms with Crippen LogP contribution in [0, 0.1) is 5.92 Å². The molecule has 5 N–H and O–H groups in total. The second-order valence-electron chi connectivity index (χ2n) is 13.6. The van der Waals surface area contributed by atoms with Gasteiger partial charge in [0.05, 0.1) is 19.5 Å². The van der Waals surface area contributed by atoms with Crippen molar-refractivity contribution in [3.05, 3.63) is 88.9 Å². The standard InChI is InChI=1S/C36H41ClN4O5.C2HF3O2/c1-41(23-26-9-13-28(37)14-10-26)21-5-8-30(24-41)40(33(34(38)43)22-25-11-17-31(42)18-12-25)36(45)39-29-15-19-32(20-16-29)46-35(44)27-6-3-2-4-7-27;3-2(4,5)1(6)7/h9-20,27,33H,2-8,21-24H2,1H3,(H2-2,38,39,42,43,45);(H,6,7)/p+2/b40-30+;/t33-,41?;/m0./s1. The van der Waals surface area contributed by atoms with Crippen molar-refractivity contribution in [2.24, 2.45) is 11.7 Å². The number of halogens is 4. The Morgan fingerprint density at radius 1 is 0.943 bits per heavy atom. The maximum atomic E-state index is 14.1. The van der Waals surface area contributed by atoms with Gasteiger partial charge >= 0.3 is 24.1 Å². The number of alkyl halides is 3. The molecule has 0 aromatic heterocycles. The predicted octanol–water partition coefficient (Wildman–Crippen LogP) is 6.69. The number of aliphatic carboxylic acids is 1. The lowest BCUT2D eigenvalue weighted by atomic mass is 9.89. The molecule has 5 rings (SSSR count). The first-order chi connectivity index (χ1) is 25.0. The molecule has 1 saturated carbocycles. The van der Waals surface area contributed by atoms with Gasteiger partial charge in [-0.1, -0.05) is 55.1 Å². The van der Waals surface area contributed by atoms with Crippen LogP contribution >= 0.6 is 11.6 Å². The van der Waals surface area contributed by atoms with E-state index >= 15 is 0 Å².